The molecule has 0 N–H and O–H groups in total. The molecule has 11 heteroatoms. The van der Waals surface area contributed by atoms with E-state index in [4.69, 9.17) is 21.7 Å². The summed E-state index contributed by atoms with van der Waals surface area (Å²) in [5.74, 6) is 1.84. The Kier molecular flexibility index (Phi) is 6.98. The summed E-state index contributed by atoms with van der Waals surface area (Å²) < 4.78 is 12.8. The number of pyridine rings is 1. The van der Waals surface area contributed by atoms with E-state index in [-0.39, 0.29) is 23.8 Å². The van der Waals surface area contributed by atoms with Crippen LogP contribution in [-0.4, -0.2) is 64.1 Å². The van der Waals surface area contributed by atoms with Gasteiger partial charge in [0.2, 0.25) is 6.79 Å². The first-order chi connectivity index (χ1) is 17.8. The van der Waals surface area contributed by atoms with Gasteiger partial charge in [-0.1, -0.05) is 37.0 Å². The Morgan fingerprint density at radius 2 is 1.89 bits per heavy atom. The van der Waals surface area contributed by atoms with Crippen molar-refractivity contribution in [3.05, 3.63) is 55.7 Å². The Labute approximate surface area is 224 Å². The van der Waals surface area contributed by atoms with E-state index < -0.39 is 0 Å². The lowest BCUT2D eigenvalue weighted by Crippen LogP contribution is -2.48. The smallest absolute Gasteiger partial charge is 0.270 e. The summed E-state index contributed by atoms with van der Waals surface area (Å²) in [6, 6.07) is 7.63. The average molecular weight is 538 g/mol. The van der Waals surface area contributed by atoms with Gasteiger partial charge in [-0.2, -0.15) is 5.26 Å². The number of ether oxygens (including phenoxy) is 2. The number of nitriles is 1. The van der Waals surface area contributed by atoms with Gasteiger partial charge in [0.15, 0.2) is 11.5 Å². The third-order valence-electron chi connectivity index (χ3n) is 7.01. The fourth-order valence-corrected chi connectivity index (χ4v) is 6.10. The standard InChI is InChI=1S/C26H27N5O4S2/c1-4-29-7-9-30(10-8-29)23-18(16(2)19(13-27)24(32)28(23)3)12-22-25(33)31(26(36)37-22)14-17-5-6-20-21(11-17)35-15-34-20/h5-6,11-12H,4,7-10,14-15H2,1-3H3. The van der Waals surface area contributed by atoms with E-state index in [0.29, 0.717) is 38.4 Å². The molecule has 3 aliphatic rings. The van der Waals surface area contributed by atoms with Gasteiger partial charge in [-0.15, -0.1) is 0 Å². The zero-order valence-corrected chi connectivity index (χ0v) is 22.6. The molecule has 2 saturated heterocycles. The first kappa shape index (κ1) is 25.3. The molecule has 3 aliphatic heterocycles. The Morgan fingerprint density at radius 1 is 1.16 bits per heavy atom. The minimum atomic E-state index is -0.333. The van der Waals surface area contributed by atoms with Crippen molar-refractivity contribution < 1.29 is 14.3 Å². The third kappa shape index (κ3) is 4.61. The van der Waals surface area contributed by atoms with E-state index in [9.17, 15) is 14.9 Å². The Balaban J connectivity index is 1.50. The molecule has 1 aromatic carbocycles. The highest BCUT2D eigenvalue weighted by atomic mass is 32.2. The summed E-state index contributed by atoms with van der Waals surface area (Å²) in [5, 5.41) is 9.72. The number of piperazine rings is 1. The van der Waals surface area contributed by atoms with Crippen LogP contribution < -0.4 is 19.9 Å². The lowest BCUT2D eigenvalue weighted by Gasteiger charge is -2.37. The van der Waals surface area contributed by atoms with Crippen LogP contribution in [-0.2, 0) is 18.4 Å². The first-order valence-electron chi connectivity index (χ1n) is 12.1. The molecule has 9 nitrogen and oxygen atoms in total. The van der Waals surface area contributed by atoms with E-state index in [2.05, 4.69) is 22.8 Å². The number of amides is 1. The molecule has 0 unspecified atom stereocenters. The summed E-state index contributed by atoms with van der Waals surface area (Å²) in [7, 11) is 1.69. The maximum Gasteiger partial charge on any atom is 0.270 e. The summed E-state index contributed by atoms with van der Waals surface area (Å²) >= 11 is 6.80. The van der Waals surface area contributed by atoms with Gasteiger partial charge >= 0.3 is 0 Å². The number of carbonyl (C=O) groups is 1. The van der Waals surface area contributed by atoms with Crippen molar-refractivity contribution in [3.63, 3.8) is 0 Å². The van der Waals surface area contributed by atoms with Crippen molar-refractivity contribution >= 4 is 46.1 Å². The number of thioether (sulfide) groups is 1. The Hall–Kier alpha value is -3.33. The lowest BCUT2D eigenvalue weighted by molar-refractivity contribution is -0.122. The molecule has 37 heavy (non-hydrogen) atoms. The molecule has 1 amide bonds. The van der Waals surface area contributed by atoms with Gasteiger partial charge < -0.3 is 19.3 Å². The van der Waals surface area contributed by atoms with E-state index in [1.807, 2.05) is 18.2 Å². The fourth-order valence-electron chi connectivity index (χ4n) is 4.86. The molecule has 0 bridgehead atoms. The topological polar surface area (TPSA) is 91.0 Å². The van der Waals surface area contributed by atoms with Crippen molar-refractivity contribution in [1.82, 2.24) is 14.4 Å². The lowest BCUT2D eigenvalue weighted by atomic mass is 10.0. The van der Waals surface area contributed by atoms with Crippen molar-refractivity contribution in [1.29, 1.82) is 5.26 Å². The number of carbonyl (C=O) groups excluding carboxylic acids is 1. The molecule has 2 aromatic rings. The summed E-state index contributed by atoms with van der Waals surface area (Å²) in [6.07, 6.45) is 1.79. The summed E-state index contributed by atoms with van der Waals surface area (Å²) in [6.45, 7) is 8.61. The number of fused-ring (bicyclic) bond motifs is 1. The first-order valence-corrected chi connectivity index (χ1v) is 13.3. The van der Waals surface area contributed by atoms with Crippen LogP contribution in [0.4, 0.5) is 5.82 Å². The zero-order chi connectivity index (χ0) is 26.3. The fraction of sp³-hybridized carbons (Fsp3) is 0.385. The monoisotopic (exact) mass is 537 g/mol. The van der Waals surface area contributed by atoms with Gasteiger partial charge in [0.1, 0.15) is 21.8 Å². The maximum absolute atomic E-state index is 13.5. The van der Waals surface area contributed by atoms with E-state index in [1.54, 1.807) is 24.9 Å². The highest BCUT2D eigenvalue weighted by Crippen LogP contribution is 2.38. The second-order valence-electron chi connectivity index (χ2n) is 9.09. The number of rotatable bonds is 5. The molecule has 4 heterocycles. The van der Waals surface area contributed by atoms with Gasteiger partial charge in [-0.3, -0.25) is 19.1 Å². The van der Waals surface area contributed by atoms with Crippen LogP contribution in [0.15, 0.2) is 27.9 Å². The molecule has 1 aromatic heterocycles. The zero-order valence-electron chi connectivity index (χ0n) is 20.9. The molecular formula is C26H27N5O4S2. The number of anilines is 1. The minimum absolute atomic E-state index is 0.0838. The molecular weight excluding hydrogens is 510 g/mol. The molecule has 0 aliphatic carbocycles. The largest absolute Gasteiger partial charge is 0.454 e. The average Bonchev–Trinajstić information content (AvgIpc) is 3.47. The van der Waals surface area contributed by atoms with Gasteiger partial charge in [-0.25, -0.2) is 0 Å². The second-order valence-corrected chi connectivity index (χ2v) is 10.8. The van der Waals surface area contributed by atoms with Gasteiger partial charge in [0, 0.05) is 38.8 Å². The number of likely N-dealkylation sites (N-methyl/N-ethyl adjacent to an activating group) is 1. The Bertz CT molecular complexity index is 1420. The van der Waals surface area contributed by atoms with Crippen LogP contribution >= 0.6 is 24.0 Å². The number of hydrogen-bond acceptors (Lipinski definition) is 9. The maximum atomic E-state index is 13.5. The molecule has 0 atom stereocenters. The van der Waals surface area contributed by atoms with Crippen LogP contribution in [0, 0.1) is 18.3 Å². The van der Waals surface area contributed by atoms with Crippen LogP contribution in [0.25, 0.3) is 6.08 Å². The van der Waals surface area contributed by atoms with E-state index in [0.717, 1.165) is 44.1 Å². The molecule has 0 radical (unpaired) electrons. The number of benzene rings is 1. The van der Waals surface area contributed by atoms with Crippen molar-refractivity contribution in [2.45, 2.75) is 20.4 Å². The third-order valence-corrected chi connectivity index (χ3v) is 8.39. The molecule has 5 rings (SSSR count). The number of aromatic nitrogens is 1. The predicted octanol–water partition coefficient (Wildman–Crippen LogP) is 2.84. The van der Waals surface area contributed by atoms with Crippen molar-refractivity contribution in [2.24, 2.45) is 7.05 Å². The predicted molar refractivity (Wildman–Crippen MR) is 147 cm³/mol. The van der Waals surface area contributed by atoms with E-state index >= 15 is 0 Å². The normalized spacial score (nSPS) is 18.7. The molecule has 192 valence electrons. The van der Waals surface area contributed by atoms with E-state index in [1.165, 1.54) is 16.3 Å². The highest BCUT2D eigenvalue weighted by molar-refractivity contribution is 8.26. The number of nitrogens with zero attached hydrogens (tertiary/aromatic N) is 5. The molecule has 2 fully saturated rings. The van der Waals surface area contributed by atoms with Crippen LogP contribution in [0.2, 0.25) is 0 Å². The van der Waals surface area contributed by atoms with Gasteiger partial charge in [-0.05, 0) is 42.8 Å². The van der Waals surface area contributed by atoms with Crippen LogP contribution in [0.5, 0.6) is 11.5 Å². The summed E-state index contributed by atoms with van der Waals surface area (Å²) in [4.78, 5) is 33.0. The van der Waals surface area contributed by atoms with Crippen LogP contribution in [0.1, 0.15) is 29.2 Å². The highest BCUT2D eigenvalue weighted by Gasteiger charge is 2.34. The number of hydrogen-bond donors (Lipinski definition) is 0. The minimum Gasteiger partial charge on any atom is -0.454 e. The van der Waals surface area contributed by atoms with Gasteiger partial charge in [0.25, 0.3) is 11.5 Å². The SMILES string of the molecule is CCN1CCN(c2c(C=C3SC(=S)N(Cc4ccc5c(c4)OCO5)C3=O)c(C)c(C#N)c(=O)n2C)CC1. The van der Waals surface area contributed by atoms with Crippen molar-refractivity contribution in [3.8, 4) is 17.6 Å². The summed E-state index contributed by atoms with van der Waals surface area (Å²) in [5.41, 5.74) is 1.90. The molecule has 0 saturated carbocycles. The van der Waals surface area contributed by atoms with Crippen LogP contribution in [0.3, 0.4) is 0 Å². The molecule has 0 spiro atoms. The Morgan fingerprint density at radius 3 is 2.59 bits per heavy atom. The second kappa shape index (κ2) is 10.2. The quantitative estimate of drug-likeness (QED) is 0.422. The van der Waals surface area contributed by atoms with Gasteiger partial charge in [0.05, 0.1) is 11.4 Å². The van der Waals surface area contributed by atoms with Crippen molar-refractivity contribution in [2.75, 3.05) is 44.4 Å². The number of thiocarbonyl (C=S) groups is 1.